The van der Waals surface area contributed by atoms with Crippen molar-refractivity contribution in [3.8, 4) is 6.07 Å². The van der Waals surface area contributed by atoms with Crippen LogP contribution in [0.2, 0.25) is 0 Å². The average Bonchev–Trinajstić information content (AvgIpc) is 2.62. The number of carbonyl (C=O) groups is 1. The van der Waals surface area contributed by atoms with E-state index in [4.69, 9.17) is 10.00 Å². The molecule has 25 heavy (non-hydrogen) atoms. The van der Waals surface area contributed by atoms with Gasteiger partial charge in [-0.05, 0) is 35.9 Å². The van der Waals surface area contributed by atoms with Gasteiger partial charge in [-0.2, -0.15) is 5.26 Å². The molecule has 0 aromatic heterocycles. The summed E-state index contributed by atoms with van der Waals surface area (Å²) in [6, 6.07) is 15.1. The van der Waals surface area contributed by atoms with Crippen molar-refractivity contribution in [2.45, 2.75) is 6.10 Å². The SMILES string of the molecule is N#Cc1cccc(NC(=O)CN2CCO[C@H](c3ccc(F)cc3)C2)c1. The predicted octanol–water partition coefficient (Wildman–Crippen LogP) is 2.71. The lowest BCUT2D eigenvalue weighted by atomic mass is 10.1. The smallest absolute Gasteiger partial charge is 0.238 e. The van der Waals surface area contributed by atoms with Gasteiger partial charge in [0.15, 0.2) is 0 Å². The molecule has 5 nitrogen and oxygen atoms in total. The third-order valence-corrected chi connectivity index (χ3v) is 4.04. The summed E-state index contributed by atoms with van der Waals surface area (Å²) >= 11 is 0. The largest absolute Gasteiger partial charge is 0.371 e. The number of nitrogens with zero attached hydrogens (tertiary/aromatic N) is 2. The highest BCUT2D eigenvalue weighted by molar-refractivity contribution is 5.92. The molecule has 0 unspecified atom stereocenters. The average molecular weight is 339 g/mol. The van der Waals surface area contributed by atoms with Crippen LogP contribution in [0.25, 0.3) is 0 Å². The van der Waals surface area contributed by atoms with E-state index in [1.54, 1.807) is 36.4 Å². The first-order chi connectivity index (χ1) is 12.1. The number of rotatable bonds is 4. The van der Waals surface area contributed by atoms with Gasteiger partial charge in [-0.1, -0.05) is 18.2 Å². The maximum Gasteiger partial charge on any atom is 0.238 e. The van der Waals surface area contributed by atoms with E-state index in [2.05, 4.69) is 5.32 Å². The minimum atomic E-state index is -0.282. The van der Waals surface area contributed by atoms with E-state index in [-0.39, 0.29) is 24.4 Å². The summed E-state index contributed by atoms with van der Waals surface area (Å²) in [7, 11) is 0. The van der Waals surface area contributed by atoms with Crippen molar-refractivity contribution in [3.63, 3.8) is 0 Å². The van der Waals surface area contributed by atoms with Gasteiger partial charge in [-0.25, -0.2) is 4.39 Å². The molecule has 1 N–H and O–H groups in total. The number of nitrogens with one attached hydrogen (secondary N) is 1. The van der Waals surface area contributed by atoms with Crippen LogP contribution in [0.15, 0.2) is 48.5 Å². The van der Waals surface area contributed by atoms with E-state index in [1.165, 1.54) is 12.1 Å². The van der Waals surface area contributed by atoms with E-state index >= 15 is 0 Å². The maximum atomic E-state index is 13.0. The second-order valence-corrected chi connectivity index (χ2v) is 5.89. The fourth-order valence-electron chi connectivity index (χ4n) is 2.80. The Hall–Kier alpha value is -2.75. The predicted molar refractivity (Wildman–Crippen MR) is 91.3 cm³/mol. The molecule has 128 valence electrons. The van der Waals surface area contributed by atoms with E-state index in [0.29, 0.717) is 30.9 Å². The summed E-state index contributed by atoms with van der Waals surface area (Å²) in [6.45, 7) is 1.97. The van der Waals surface area contributed by atoms with Gasteiger partial charge in [0.1, 0.15) is 5.82 Å². The molecule has 0 spiro atoms. The summed E-state index contributed by atoms with van der Waals surface area (Å²) < 4.78 is 18.8. The normalized spacial score (nSPS) is 17.7. The molecule has 1 heterocycles. The van der Waals surface area contributed by atoms with E-state index < -0.39 is 0 Å². The molecule has 2 aromatic carbocycles. The number of anilines is 1. The molecule has 0 radical (unpaired) electrons. The van der Waals surface area contributed by atoms with Gasteiger partial charge in [-0.15, -0.1) is 0 Å². The number of hydrogen-bond donors (Lipinski definition) is 1. The van der Waals surface area contributed by atoms with Gasteiger partial charge < -0.3 is 10.1 Å². The Morgan fingerprint density at radius 2 is 2.12 bits per heavy atom. The number of morpholine rings is 1. The van der Waals surface area contributed by atoms with Gasteiger partial charge in [0.2, 0.25) is 5.91 Å². The third kappa shape index (κ3) is 4.63. The molecule has 1 fully saturated rings. The Morgan fingerprint density at radius 3 is 2.88 bits per heavy atom. The molecule has 1 saturated heterocycles. The first-order valence-corrected chi connectivity index (χ1v) is 8.03. The Morgan fingerprint density at radius 1 is 1.32 bits per heavy atom. The highest BCUT2D eigenvalue weighted by atomic mass is 19.1. The fourth-order valence-corrected chi connectivity index (χ4v) is 2.80. The number of amides is 1. The quantitative estimate of drug-likeness (QED) is 0.930. The molecule has 3 rings (SSSR count). The minimum Gasteiger partial charge on any atom is -0.371 e. The summed E-state index contributed by atoms with van der Waals surface area (Å²) in [4.78, 5) is 14.2. The first kappa shape index (κ1) is 17.1. The van der Waals surface area contributed by atoms with Crippen molar-refractivity contribution in [1.29, 1.82) is 5.26 Å². The highest BCUT2D eigenvalue weighted by Gasteiger charge is 2.23. The van der Waals surface area contributed by atoms with Gasteiger partial charge in [0.05, 0.1) is 30.9 Å². The van der Waals surface area contributed by atoms with Crippen molar-refractivity contribution in [2.24, 2.45) is 0 Å². The topological polar surface area (TPSA) is 65.4 Å². The summed E-state index contributed by atoms with van der Waals surface area (Å²) in [5.74, 6) is -0.426. The van der Waals surface area contributed by atoms with Crippen molar-refractivity contribution in [1.82, 2.24) is 4.90 Å². The lowest BCUT2D eigenvalue weighted by molar-refractivity contribution is -0.119. The van der Waals surface area contributed by atoms with Crippen LogP contribution in [-0.4, -0.2) is 37.0 Å². The zero-order valence-corrected chi connectivity index (χ0v) is 13.6. The Bertz CT molecular complexity index is 786. The van der Waals surface area contributed by atoms with Crippen LogP contribution in [0.3, 0.4) is 0 Å². The van der Waals surface area contributed by atoms with Crippen LogP contribution in [0, 0.1) is 17.1 Å². The van der Waals surface area contributed by atoms with Crippen molar-refractivity contribution in [2.75, 3.05) is 31.6 Å². The first-order valence-electron chi connectivity index (χ1n) is 8.03. The number of ether oxygens (including phenoxy) is 1. The van der Waals surface area contributed by atoms with Gasteiger partial charge in [0, 0.05) is 18.8 Å². The molecule has 6 heteroatoms. The van der Waals surface area contributed by atoms with Crippen LogP contribution < -0.4 is 5.32 Å². The molecule has 0 aliphatic carbocycles. The minimum absolute atomic E-state index is 0.144. The van der Waals surface area contributed by atoms with E-state index in [1.807, 2.05) is 11.0 Å². The number of hydrogen-bond acceptors (Lipinski definition) is 4. The summed E-state index contributed by atoms with van der Waals surface area (Å²) in [5, 5.41) is 11.7. The monoisotopic (exact) mass is 339 g/mol. The molecule has 2 aromatic rings. The van der Waals surface area contributed by atoms with E-state index in [0.717, 1.165) is 5.56 Å². The third-order valence-electron chi connectivity index (χ3n) is 4.04. The van der Waals surface area contributed by atoms with Crippen LogP contribution in [-0.2, 0) is 9.53 Å². The number of halogens is 1. The molecule has 1 atom stereocenters. The van der Waals surface area contributed by atoms with Crippen LogP contribution >= 0.6 is 0 Å². The standard InChI is InChI=1S/C19H18FN3O2/c20-16-6-4-15(5-7-16)18-12-23(8-9-25-18)13-19(24)22-17-3-1-2-14(10-17)11-21/h1-7,10,18H,8-9,12-13H2,(H,22,24)/t18-/m0/s1. The number of benzene rings is 2. The molecular weight excluding hydrogens is 321 g/mol. The summed E-state index contributed by atoms with van der Waals surface area (Å²) in [5.41, 5.74) is 2.00. The zero-order chi connectivity index (χ0) is 17.6. The molecule has 0 bridgehead atoms. The molecule has 1 amide bonds. The van der Waals surface area contributed by atoms with Crippen LogP contribution in [0.1, 0.15) is 17.2 Å². The van der Waals surface area contributed by atoms with Gasteiger partial charge >= 0.3 is 0 Å². The second kappa shape index (κ2) is 7.88. The van der Waals surface area contributed by atoms with Crippen LogP contribution in [0.5, 0.6) is 0 Å². The van der Waals surface area contributed by atoms with E-state index in [9.17, 15) is 9.18 Å². The Balaban J connectivity index is 1.57. The van der Waals surface area contributed by atoms with Crippen LogP contribution in [0.4, 0.5) is 10.1 Å². The highest BCUT2D eigenvalue weighted by Crippen LogP contribution is 2.22. The molecule has 1 aliphatic rings. The number of nitriles is 1. The van der Waals surface area contributed by atoms with Gasteiger partial charge in [0.25, 0.3) is 0 Å². The lowest BCUT2D eigenvalue weighted by Gasteiger charge is -2.32. The lowest BCUT2D eigenvalue weighted by Crippen LogP contribution is -2.42. The molecule has 0 saturated carbocycles. The molecular formula is C19H18FN3O2. The second-order valence-electron chi connectivity index (χ2n) is 5.89. The number of carbonyl (C=O) groups excluding carboxylic acids is 1. The van der Waals surface area contributed by atoms with Crippen molar-refractivity contribution >= 4 is 11.6 Å². The Kier molecular flexibility index (Phi) is 5.39. The van der Waals surface area contributed by atoms with Gasteiger partial charge in [-0.3, -0.25) is 9.69 Å². The summed E-state index contributed by atoms with van der Waals surface area (Å²) in [6.07, 6.45) is -0.177. The maximum absolute atomic E-state index is 13.0. The fraction of sp³-hybridized carbons (Fsp3) is 0.263. The Labute approximate surface area is 145 Å². The zero-order valence-electron chi connectivity index (χ0n) is 13.6. The molecule has 1 aliphatic heterocycles. The van der Waals surface area contributed by atoms with Crippen molar-refractivity contribution in [3.05, 3.63) is 65.5 Å². The van der Waals surface area contributed by atoms with Crippen molar-refractivity contribution < 1.29 is 13.9 Å².